The molecule has 6 heteroatoms. The van der Waals surface area contributed by atoms with Gasteiger partial charge in [-0.15, -0.1) is 0 Å². The molecule has 0 saturated heterocycles. The first-order valence-corrected chi connectivity index (χ1v) is 19.8. The molecule has 3 rings (SSSR count). The molecule has 1 unspecified atom stereocenters. The van der Waals surface area contributed by atoms with Crippen LogP contribution in [-0.2, 0) is 26.3 Å². The Morgan fingerprint density at radius 3 is 2.26 bits per heavy atom. The van der Waals surface area contributed by atoms with Crippen LogP contribution in [0.2, 0.25) is 13.1 Å². The van der Waals surface area contributed by atoms with Crippen LogP contribution >= 0.6 is 17.0 Å². The van der Waals surface area contributed by atoms with Crippen LogP contribution in [0.5, 0.6) is 5.75 Å². The summed E-state index contributed by atoms with van der Waals surface area (Å²) >= 11 is -0.826. The van der Waals surface area contributed by atoms with Crippen LogP contribution in [0.15, 0.2) is 66.8 Å². The van der Waals surface area contributed by atoms with Gasteiger partial charge in [-0.05, 0) is 49.2 Å². The van der Waals surface area contributed by atoms with E-state index in [1.807, 2.05) is 0 Å². The first kappa shape index (κ1) is 26.5. The topological polar surface area (TPSA) is 23.5 Å². The molecule has 0 fully saturated rings. The van der Waals surface area contributed by atoms with Gasteiger partial charge in [-0.25, -0.2) is 0 Å². The molecule has 1 aliphatic carbocycles. The van der Waals surface area contributed by atoms with Crippen molar-refractivity contribution < 1.29 is 26.0 Å². The molecule has 0 saturated carbocycles. The minimum atomic E-state index is -2.13. The summed E-state index contributed by atoms with van der Waals surface area (Å²) in [6, 6.07) is 15.0. The van der Waals surface area contributed by atoms with Gasteiger partial charge >= 0.3 is 37.9 Å². The fourth-order valence-electron chi connectivity index (χ4n) is 4.04. The average molecular weight is 554 g/mol. The SMILES string of the molecule is CN(c1ccccc1C1C=CC=CC1)[Si](C)(C)c1cccc(C(C)(C)C)c1O.[Cl][Zr][Cl]. The van der Waals surface area contributed by atoms with Crippen molar-refractivity contribution >= 4 is 36.1 Å². The van der Waals surface area contributed by atoms with Crippen molar-refractivity contribution in [2.24, 2.45) is 0 Å². The summed E-state index contributed by atoms with van der Waals surface area (Å²) in [4.78, 5) is 0. The molecule has 0 aromatic heterocycles. The molecule has 0 bridgehead atoms. The van der Waals surface area contributed by atoms with Gasteiger partial charge < -0.3 is 9.67 Å². The molecular formula is C25H33Cl2NOSiZr. The molecular weight excluding hydrogens is 520 g/mol. The summed E-state index contributed by atoms with van der Waals surface area (Å²) in [7, 11) is 9.93. The maximum absolute atomic E-state index is 11.2. The van der Waals surface area contributed by atoms with Gasteiger partial charge in [0.05, 0.1) is 0 Å². The second-order valence-electron chi connectivity index (χ2n) is 9.36. The third-order valence-electron chi connectivity index (χ3n) is 6.02. The van der Waals surface area contributed by atoms with Crippen LogP contribution in [0.1, 0.15) is 44.2 Å². The molecule has 0 heterocycles. The third kappa shape index (κ3) is 6.38. The monoisotopic (exact) mass is 551 g/mol. The Morgan fingerprint density at radius 2 is 1.68 bits per heavy atom. The van der Waals surface area contributed by atoms with Gasteiger partial charge in [0.2, 0.25) is 0 Å². The summed E-state index contributed by atoms with van der Waals surface area (Å²) in [6.07, 6.45) is 9.83. The van der Waals surface area contributed by atoms with E-state index in [1.165, 1.54) is 11.3 Å². The number of halogens is 2. The molecule has 166 valence electrons. The van der Waals surface area contributed by atoms with Crippen LogP contribution < -0.4 is 9.75 Å². The molecule has 31 heavy (non-hydrogen) atoms. The number of aromatic hydroxyl groups is 1. The zero-order chi connectivity index (χ0) is 23.2. The van der Waals surface area contributed by atoms with Crippen molar-refractivity contribution in [3.63, 3.8) is 0 Å². The number of allylic oxidation sites excluding steroid dienone is 4. The maximum atomic E-state index is 11.2. The zero-order valence-corrected chi connectivity index (χ0v) is 24.3. The molecule has 0 spiro atoms. The molecule has 1 atom stereocenters. The molecule has 0 radical (unpaired) electrons. The van der Waals surface area contributed by atoms with E-state index in [2.05, 4.69) is 112 Å². The van der Waals surface area contributed by atoms with Gasteiger partial charge in [-0.1, -0.05) is 81.5 Å². The van der Waals surface area contributed by atoms with Crippen LogP contribution in [0.3, 0.4) is 0 Å². The first-order valence-electron chi connectivity index (χ1n) is 10.5. The second kappa shape index (κ2) is 11.4. The molecule has 0 amide bonds. The Labute approximate surface area is 207 Å². The standard InChI is InChI=1S/C25H33NOSi.2ClH.Zr/c1-25(2,3)21-16-12-18-23(24(21)27)28(5,6)26(4)22-17-11-10-15-20(22)19-13-8-7-9-14-19;;;/h7-13,15-19,27H,14H2,1-6H3;2*1H;/q;;;+2/p-2. The summed E-state index contributed by atoms with van der Waals surface area (Å²) in [5, 5.41) is 12.3. The van der Waals surface area contributed by atoms with Gasteiger partial charge in [-0.3, -0.25) is 0 Å². The van der Waals surface area contributed by atoms with Gasteiger partial charge in [0.1, 0.15) is 5.75 Å². The average Bonchev–Trinajstić information content (AvgIpc) is 2.73. The molecule has 1 aliphatic rings. The molecule has 1 N–H and O–H groups in total. The second-order valence-corrected chi connectivity index (χ2v) is 17.4. The minimum absolute atomic E-state index is 0.0831. The van der Waals surface area contributed by atoms with Gasteiger partial charge in [-0.2, -0.15) is 0 Å². The van der Waals surface area contributed by atoms with E-state index in [4.69, 9.17) is 17.0 Å². The van der Waals surface area contributed by atoms with Crippen molar-refractivity contribution in [1.29, 1.82) is 0 Å². The molecule has 2 nitrogen and oxygen atoms in total. The fourth-order valence-corrected chi connectivity index (χ4v) is 6.43. The number of hydrogen-bond acceptors (Lipinski definition) is 2. The van der Waals surface area contributed by atoms with Crippen molar-refractivity contribution in [2.45, 2.75) is 51.6 Å². The van der Waals surface area contributed by atoms with Gasteiger partial charge in [0.25, 0.3) is 0 Å². The Balaban J connectivity index is 0.00000107. The van der Waals surface area contributed by atoms with Crippen LogP contribution in [0.4, 0.5) is 5.69 Å². The summed E-state index contributed by atoms with van der Waals surface area (Å²) in [6.45, 7) is 11.1. The van der Waals surface area contributed by atoms with Crippen molar-refractivity contribution in [2.75, 3.05) is 11.6 Å². The Kier molecular flexibility index (Phi) is 9.70. The Morgan fingerprint density at radius 1 is 1.03 bits per heavy atom. The fraction of sp³-hybridized carbons (Fsp3) is 0.360. The van der Waals surface area contributed by atoms with E-state index < -0.39 is 29.1 Å². The third-order valence-corrected chi connectivity index (χ3v) is 9.66. The summed E-state index contributed by atoms with van der Waals surface area (Å²) < 4.78 is 2.44. The Bertz CT molecular complexity index is 937. The quantitative estimate of drug-likeness (QED) is 0.404. The summed E-state index contributed by atoms with van der Waals surface area (Å²) in [5.41, 5.74) is 3.57. The number of anilines is 1. The van der Waals surface area contributed by atoms with E-state index in [0.717, 1.165) is 17.2 Å². The van der Waals surface area contributed by atoms with Crippen molar-refractivity contribution in [3.8, 4) is 5.75 Å². The molecule has 2 aromatic carbocycles. The van der Waals surface area contributed by atoms with E-state index in [-0.39, 0.29) is 5.41 Å². The van der Waals surface area contributed by atoms with Crippen LogP contribution in [-0.4, -0.2) is 20.4 Å². The number of phenolic OH excluding ortho intramolecular Hbond substituents is 1. The van der Waals surface area contributed by atoms with Gasteiger partial charge in [0, 0.05) is 16.8 Å². The van der Waals surface area contributed by atoms with Crippen LogP contribution in [0.25, 0.3) is 0 Å². The molecule has 0 aliphatic heterocycles. The number of benzene rings is 2. The van der Waals surface area contributed by atoms with E-state index >= 15 is 0 Å². The zero-order valence-electron chi connectivity index (χ0n) is 19.3. The van der Waals surface area contributed by atoms with Crippen molar-refractivity contribution in [1.82, 2.24) is 0 Å². The number of para-hydroxylation sites is 2. The van der Waals surface area contributed by atoms with Crippen LogP contribution in [0, 0.1) is 0 Å². The van der Waals surface area contributed by atoms with E-state index in [9.17, 15) is 5.11 Å². The normalized spacial score (nSPS) is 15.8. The predicted octanol–water partition coefficient (Wildman–Crippen LogP) is 7.21. The number of hydrogen-bond donors (Lipinski definition) is 1. The Hall–Kier alpha value is -0.800. The van der Waals surface area contributed by atoms with Crippen molar-refractivity contribution in [3.05, 3.63) is 77.9 Å². The number of nitrogens with zero attached hydrogens (tertiary/aromatic N) is 1. The predicted molar refractivity (Wildman–Crippen MR) is 136 cm³/mol. The van der Waals surface area contributed by atoms with E-state index in [0.29, 0.717) is 11.7 Å². The van der Waals surface area contributed by atoms with E-state index in [1.54, 1.807) is 0 Å². The number of phenols is 1. The molecule has 2 aromatic rings. The summed E-state index contributed by atoms with van der Waals surface area (Å²) in [5.74, 6) is 0.874. The number of rotatable bonds is 4. The van der Waals surface area contributed by atoms with Gasteiger partial charge in [0.15, 0.2) is 8.24 Å². The first-order chi connectivity index (χ1) is 14.6.